The van der Waals surface area contributed by atoms with Crippen molar-refractivity contribution >= 4 is 45.7 Å². The predicted molar refractivity (Wildman–Crippen MR) is 165 cm³/mol. The van der Waals surface area contributed by atoms with Crippen molar-refractivity contribution in [2.24, 2.45) is 0 Å². The van der Waals surface area contributed by atoms with Gasteiger partial charge in [0, 0.05) is 11.3 Å². The fraction of sp³-hybridized carbons (Fsp3) is 0.250. The summed E-state index contributed by atoms with van der Waals surface area (Å²) in [6.07, 6.45) is 1.84. The van der Waals surface area contributed by atoms with E-state index < -0.39 is 17.7 Å². The zero-order valence-electron chi connectivity index (χ0n) is 23.7. The second kappa shape index (κ2) is 13.1. The molecule has 4 aromatic rings. The molecule has 0 radical (unpaired) electrons. The number of aliphatic hydroxyl groups excluding tert-OH is 1. The third kappa shape index (κ3) is 6.13. The molecule has 2 aliphatic rings. The molecule has 44 heavy (non-hydrogen) atoms. The average Bonchev–Trinajstić information content (AvgIpc) is 3.62. The van der Waals surface area contributed by atoms with E-state index >= 15 is 0 Å². The number of aliphatic hydroxyl groups is 1. The summed E-state index contributed by atoms with van der Waals surface area (Å²) in [7, 11) is 0. The minimum Gasteiger partial charge on any atom is -0.507 e. The highest BCUT2D eigenvalue weighted by Gasteiger charge is 2.48. The zero-order chi connectivity index (χ0) is 30.6. The molecule has 2 aliphatic heterocycles. The Hall–Kier alpha value is -4.42. The first-order chi connectivity index (χ1) is 21.4. The summed E-state index contributed by atoms with van der Waals surface area (Å²) < 4.78 is 31.1. The number of Topliss-reactive ketones (excluding diaryl/α,β-unsaturated/α-hetero) is 1. The summed E-state index contributed by atoms with van der Waals surface area (Å²) in [5.41, 5.74) is 1.68. The van der Waals surface area contributed by atoms with E-state index in [4.69, 9.17) is 14.2 Å². The van der Waals surface area contributed by atoms with Gasteiger partial charge in [-0.05, 0) is 60.0 Å². The topological polar surface area (TPSA) is 111 Å². The van der Waals surface area contributed by atoms with Crippen LogP contribution in [0.3, 0.4) is 0 Å². The van der Waals surface area contributed by atoms with E-state index in [2.05, 4.69) is 17.1 Å². The molecule has 1 N–H and O–H groups in total. The van der Waals surface area contributed by atoms with Crippen LogP contribution in [0.1, 0.15) is 42.5 Å². The highest BCUT2D eigenvalue weighted by atomic mass is 32.2. The lowest BCUT2D eigenvalue weighted by molar-refractivity contribution is -0.132. The molecule has 6 rings (SSSR count). The Bertz CT molecular complexity index is 1730. The molecule has 1 unspecified atom stereocenters. The number of halogens is 1. The molecule has 1 amide bonds. The van der Waals surface area contributed by atoms with Gasteiger partial charge in [0.25, 0.3) is 5.78 Å². The van der Waals surface area contributed by atoms with Crippen molar-refractivity contribution in [2.45, 2.75) is 35.9 Å². The summed E-state index contributed by atoms with van der Waals surface area (Å²) in [4.78, 5) is 28.6. The van der Waals surface area contributed by atoms with Crippen LogP contribution in [0.4, 0.5) is 9.52 Å². The van der Waals surface area contributed by atoms with Gasteiger partial charge in [0.2, 0.25) is 5.13 Å². The van der Waals surface area contributed by atoms with Gasteiger partial charge in [-0.1, -0.05) is 60.7 Å². The van der Waals surface area contributed by atoms with Crippen molar-refractivity contribution in [1.82, 2.24) is 10.2 Å². The number of aromatic nitrogens is 2. The van der Waals surface area contributed by atoms with E-state index in [1.54, 1.807) is 54.6 Å². The van der Waals surface area contributed by atoms with Crippen LogP contribution in [0.5, 0.6) is 17.2 Å². The summed E-state index contributed by atoms with van der Waals surface area (Å²) in [5.74, 6) is -0.297. The van der Waals surface area contributed by atoms with Gasteiger partial charge in [0.15, 0.2) is 15.8 Å². The number of thioether (sulfide) groups is 1. The molecule has 226 valence electrons. The van der Waals surface area contributed by atoms with Crippen LogP contribution in [0.25, 0.3) is 5.76 Å². The number of unbranched alkanes of at least 4 members (excludes halogenated alkanes) is 1. The third-order valence-corrected chi connectivity index (χ3v) is 9.20. The number of ether oxygens (including phenoxy) is 3. The lowest BCUT2D eigenvalue weighted by Crippen LogP contribution is -2.29. The number of carbonyl (C=O) groups is 2. The normalized spacial score (nSPS) is 17.2. The quantitative estimate of drug-likeness (QED) is 0.0519. The number of carbonyl (C=O) groups excluding carboxylic acids is 2. The first kappa shape index (κ1) is 29.6. The SMILES string of the molecule is CCCCOc1cccc(C2/C(=C(\O)c3ccc4c(c3)OCCO4)C(=O)C(=O)N2c2nnc(SCc3ccc(F)cc3)s2)c1. The lowest BCUT2D eigenvalue weighted by atomic mass is 9.95. The molecule has 0 aliphatic carbocycles. The average molecular weight is 634 g/mol. The Morgan fingerprint density at radius 1 is 1.07 bits per heavy atom. The Balaban J connectivity index is 1.38. The minimum absolute atomic E-state index is 0.0897. The second-order valence-electron chi connectivity index (χ2n) is 10.1. The van der Waals surface area contributed by atoms with E-state index in [0.717, 1.165) is 29.7 Å². The van der Waals surface area contributed by atoms with Gasteiger partial charge in [-0.25, -0.2) is 4.39 Å². The summed E-state index contributed by atoms with van der Waals surface area (Å²) in [6, 6.07) is 17.2. The van der Waals surface area contributed by atoms with Gasteiger partial charge in [-0.2, -0.15) is 0 Å². The van der Waals surface area contributed by atoms with Gasteiger partial charge >= 0.3 is 5.91 Å². The first-order valence-electron chi connectivity index (χ1n) is 14.1. The van der Waals surface area contributed by atoms with Gasteiger partial charge in [-0.15, -0.1) is 10.2 Å². The van der Waals surface area contributed by atoms with Crippen molar-refractivity contribution in [2.75, 3.05) is 24.7 Å². The van der Waals surface area contributed by atoms with Crippen LogP contribution in [-0.4, -0.2) is 46.8 Å². The van der Waals surface area contributed by atoms with Crippen molar-refractivity contribution in [3.8, 4) is 17.2 Å². The van der Waals surface area contributed by atoms with Crippen molar-refractivity contribution in [3.05, 3.63) is 94.8 Å². The van der Waals surface area contributed by atoms with Gasteiger partial charge in [0.1, 0.15) is 30.5 Å². The van der Waals surface area contributed by atoms with Gasteiger partial charge < -0.3 is 19.3 Å². The summed E-state index contributed by atoms with van der Waals surface area (Å²) >= 11 is 2.53. The van der Waals surface area contributed by atoms with Gasteiger partial charge in [-0.3, -0.25) is 14.5 Å². The fourth-order valence-electron chi connectivity index (χ4n) is 4.88. The maximum atomic E-state index is 13.6. The van der Waals surface area contributed by atoms with E-state index in [0.29, 0.717) is 58.3 Å². The summed E-state index contributed by atoms with van der Waals surface area (Å²) in [5, 5.41) is 20.3. The molecule has 1 atom stereocenters. The first-order valence-corrected chi connectivity index (χ1v) is 15.9. The zero-order valence-corrected chi connectivity index (χ0v) is 25.3. The standard InChI is InChI=1S/C32H28FN3O6S2/c1-2-3-13-40-23-6-4-5-20(16-23)27-26(28(37)21-9-12-24-25(17-21)42-15-14-41-24)29(38)30(39)36(27)31-34-35-32(44-31)43-18-19-7-10-22(33)11-8-19/h4-12,16-17,27,37H,2-3,13-15,18H2,1H3/b28-26+. The summed E-state index contributed by atoms with van der Waals surface area (Å²) in [6.45, 7) is 3.35. The molecule has 1 saturated heterocycles. The molecule has 9 nitrogen and oxygen atoms in total. The number of ketones is 1. The number of fused-ring (bicyclic) bond motifs is 1. The largest absolute Gasteiger partial charge is 0.507 e. The third-order valence-electron chi connectivity index (χ3n) is 7.08. The minimum atomic E-state index is -0.999. The number of anilines is 1. The molecule has 0 spiro atoms. The maximum Gasteiger partial charge on any atom is 0.301 e. The molecule has 12 heteroatoms. The predicted octanol–water partition coefficient (Wildman–Crippen LogP) is 6.55. The Morgan fingerprint density at radius 2 is 1.86 bits per heavy atom. The van der Waals surface area contributed by atoms with Crippen LogP contribution < -0.4 is 19.1 Å². The van der Waals surface area contributed by atoms with Crippen LogP contribution >= 0.6 is 23.1 Å². The monoisotopic (exact) mass is 633 g/mol. The number of benzene rings is 3. The molecule has 0 saturated carbocycles. The van der Waals surface area contributed by atoms with Crippen LogP contribution in [0.15, 0.2) is 76.6 Å². The van der Waals surface area contributed by atoms with E-state index in [1.807, 2.05) is 0 Å². The molecule has 0 bridgehead atoms. The number of rotatable bonds is 10. The number of nitrogens with zero attached hydrogens (tertiary/aromatic N) is 3. The molecule has 3 aromatic carbocycles. The molecule has 1 fully saturated rings. The smallest absolute Gasteiger partial charge is 0.301 e. The highest BCUT2D eigenvalue weighted by molar-refractivity contribution is 8.00. The number of hydrogen-bond donors (Lipinski definition) is 1. The fourth-order valence-corrected chi connectivity index (χ4v) is 6.71. The highest BCUT2D eigenvalue weighted by Crippen LogP contribution is 2.45. The number of amides is 1. The van der Waals surface area contributed by atoms with E-state index in [1.165, 1.54) is 28.8 Å². The van der Waals surface area contributed by atoms with Crippen LogP contribution in [0.2, 0.25) is 0 Å². The van der Waals surface area contributed by atoms with Gasteiger partial charge in [0.05, 0.1) is 18.2 Å². The van der Waals surface area contributed by atoms with Crippen LogP contribution in [0, 0.1) is 5.82 Å². The van der Waals surface area contributed by atoms with E-state index in [9.17, 15) is 19.1 Å². The van der Waals surface area contributed by atoms with Crippen molar-refractivity contribution in [3.63, 3.8) is 0 Å². The molecular weight excluding hydrogens is 605 g/mol. The number of hydrogen-bond acceptors (Lipinski definition) is 10. The maximum absolute atomic E-state index is 13.6. The van der Waals surface area contributed by atoms with Crippen LogP contribution in [-0.2, 0) is 15.3 Å². The lowest BCUT2D eigenvalue weighted by Gasteiger charge is -2.23. The second-order valence-corrected chi connectivity index (χ2v) is 12.2. The Kier molecular flexibility index (Phi) is 8.80. The van der Waals surface area contributed by atoms with Crippen molar-refractivity contribution in [1.29, 1.82) is 0 Å². The molecular formula is C32H28FN3O6S2. The Labute approximate surface area is 261 Å². The van der Waals surface area contributed by atoms with Crippen molar-refractivity contribution < 1.29 is 33.3 Å². The Morgan fingerprint density at radius 3 is 2.66 bits per heavy atom. The van der Waals surface area contributed by atoms with E-state index in [-0.39, 0.29) is 22.3 Å². The molecule has 1 aromatic heterocycles. The molecule has 3 heterocycles.